The summed E-state index contributed by atoms with van der Waals surface area (Å²) in [6.45, 7) is 5.40. The molecule has 0 saturated heterocycles. The molecule has 0 bridgehead atoms. The van der Waals surface area contributed by atoms with Crippen LogP contribution in [0.5, 0.6) is 5.75 Å². The van der Waals surface area contributed by atoms with Crippen molar-refractivity contribution in [2.75, 3.05) is 5.73 Å². The molecule has 0 radical (unpaired) electrons. The van der Waals surface area contributed by atoms with Crippen LogP contribution in [0.2, 0.25) is 5.02 Å². The lowest BCUT2D eigenvalue weighted by molar-refractivity contribution is 0.231. The van der Waals surface area contributed by atoms with E-state index in [4.69, 9.17) is 32.2 Å². The first-order chi connectivity index (χ1) is 20.1. The maximum absolute atomic E-state index is 15.0. The molecule has 12 heteroatoms. The molecule has 0 amide bonds. The zero-order valence-corrected chi connectivity index (χ0v) is 23.5. The predicted octanol–water partition coefficient (Wildman–Crippen LogP) is 6.08. The molecule has 6 aromatic rings. The number of fused-ring (bicyclic) bond motifs is 2. The Balaban J connectivity index is 1.59. The normalized spacial score (nSPS) is 12.4. The number of anilines is 1. The van der Waals surface area contributed by atoms with Crippen molar-refractivity contribution >= 4 is 34.1 Å². The smallest absolute Gasteiger partial charge is 0.266 e. The summed E-state index contributed by atoms with van der Waals surface area (Å²) in [5, 5.41) is 5.53. The molecule has 0 saturated carbocycles. The van der Waals surface area contributed by atoms with E-state index >= 15 is 4.39 Å². The predicted molar refractivity (Wildman–Crippen MR) is 157 cm³/mol. The van der Waals surface area contributed by atoms with E-state index < -0.39 is 23.2 Å². The number of rotatable bonds is 6. The Morgan fingerprint density at radius 2 is 1.81 bits per heavy atom. The molecule has 4 aromatic heterocycles. The van der Waals surface area contributed by atoms with Crippen LogP contribution in [0.15, 0.2) is 71.9 Å². The van der Waals surface area contributed by atoms with Crippen LogP contribution in [0, 0.1) is 11.6 Å². The standard InChI is InChI=1S/C30H24ClF2N7O2/c1-15(2)42-22-9-7-18(12-21(22)33)27-25-28(34)35-14-36-29(25)40(38-27)16(3)26-24(17-5-4-6-20(32)11-17)30(41)39-13-19(31)8-10-23(39)37-26/h4-16H,1-3H3,(H2,34,35,36)/t16-/m1/s1. The van der Waals surface area contributed by atoms with Crippen LogP contribution < -0.4 is 16.0 Å². The third-order valence-corrected chi connectivity index (χ3v) is 7.00. The van der Waals surface area contributed by atoms with Crippen molar-refractivity contribution in [3.63, 3.8) is 0 Å². The minimum Gasteiger partial charge on any atom is -0.488 e. The fourth-order valence-corrected chi connectivity index (χ4v) is 5.09. The molecule has 212 valence electrons. The van der Waals surface area contributed by atoms with E-state index in [9.17, 15) is 9.18 Å². The summed E-state index contributed by atoms with van der Waals surface area (Å²) >= 11 is 6.18. The average Bonchev–Trinajstić information content (AvgIpc) is 3.35. The maximum atomic E-state index is 15.0. The first-order valence-corrected chi connectivity index (χ1v) is 13.4. The van der Waals surface area contributed by atoms with Crippen LogP contribution in [-0.2, 0) is 0 Å². The highest BCUT2D eigenvalue weighted by Gasteiger charge is 2.26. The molecular formula is C30H24ClF2N7O2. The fourth-order valence-electron chi connectivity index (χ4n) is 4.93. The third-order valence-electron chi connectivity index (χ3n) is 6.78. The second kappa shape index (κ2) is 10.5. The molecule has 0 aliphatic carbocycles. The van der Waals surface area contributed by atoms with Gasteiger partial charge in [-0.25, -0.2) is 28.4 Å². The molecule has 0 unspecified atom stereocenters. The van der Waals surface area contributed by atoms with Crippen molar-refractivity contribution in [1.29, 1.82) is 0 Å². The van der Waals surface area contributed by atoms with Gasteiger partial charge in [-0.15, -0.1) is 0 Å². The molecule has 1 atom stereocenters. The highest BCUT2D eigenvalue weighted by Crippen LogP contribution is 2.36. The maximum Gasteiger partial charge on any atom is 0.266 e. The van der Waals surface area contributed by atoms with Gasteiger partial charge in [-0.3, -0.25) is 9.20 Å². The van der Waals surface area contributed by atoms with Gasteiger partial charge in [-0.05, 0) is 68.8 Å². The van der Waals surface area contributed by atoms with Gasteiger partial charge in [0.1, 0.15) is 29.3 Å². The summed E-state index contributed by atoms with van der Waals surface area (Å²) in [5.74, 6) is -0.830. The number of nitrogens with zero attached hydrogens (tertiary/aromatic N) is 6. The molecule has 0 aliphatic rings. The van der Waals surface area contributed by atoms with Crippen molar-refractivity contribution in [3.8, 4) is 28.1 Å². The first-order valence-electron chi connectivity index (χ1n) is 13.1. The van der Waals surface area contributed by atoms with Crippen molar-refractivity contribution in [2.45, 2.75) is 32.9 Å². The molecule has 2 N–H and O–H groups in total. The lowest BCUT2D eigenvalue weighted by Gasteiger charge is -2.18. The number of hydrogen-bond acceptors (Lipinski definition) is 7. The number of nitrogens with two attached hydrogens (primary N) is 1. The Kier molecular flexibility index (Phi) is 6.82. The molecule has 4 heterocycles. The zero-order valence-electron chi connectivity index (χ0n) is 22.7. The van der Waals surface area contributed by atoms with E-state index in [1.807, 2.05) is 0 Å². The van der Waals surface area contributed by atoms with Crippen LogP contribution in [-0.4, -0.2) is 35.2 Å². The number of nitrogen functional groups attached to an aromatic ring is 1. The second-order valence-electron chi connectivity index (χ2n) is 10.0. The zero-order chi connectivity index (χ0) is 29.7. The first kappa shape index (κ1) is 27.3. The molecule has 2 aromatic carbocycles. The molecule has 9 nitrogen and oxygen atoms in total. The Bertz CT molecular complexity index is 2060. The highest BCUT2D eigenvalue weighted by molar-refractivity contribution is 6.30. The van der Waals surface area contributed by atoms with Crippen molar-refractivity contribution < 1.29 is 13.5 Å². The van der Waals surface area contributed by atoms with E-state index in [-0.39, 0.29) is 23.2 Å². The van der Waals surface area contributed by atoms with Crippen LogP contribution in [0.25, 0.3) is 39.1 Å². The van der Waals surface area contributed by atoms with E-state index in [1.54, 1.807) is 49.7 Å². The molecule has 42 heavy (non-hydrogen) atoms. The van der Waals surface area contributed by atoms with Crippen molar-refractivity contribution in [3.05, 3.63) is 99.8 Å². The monoisotopic (exact) mass is 587 g/mol. The van der Waals surface area contributed by atoms with Crippen LogP contribution in [0.1, 0.15) is 32.5 Å². The Labute approximate surface area is 243 Å². The number of ether oxygens (including phenoxy) is 1. The van der Waals surface area contributed by atoms with E-state index in [2.05, 4.69) is 9.97 Å². The minimum atomic E-state index is -0.712. The topological polar surface area (TPSA) is 113 Å². The molecule has 6 rings (SSSR count). The van der Waals surface area contributed by atoms with E-state index in [1.165, 1.54) is 47.3 Å². The summed E-state index contributed by atoms with van der Waals surface area (Å²) in [4.78, 5) is 27.2. The van der Waals surface area contributed by atoms with Gasteiger partial charge >= 0.3 is 0 Å². The summed E-state index contributed by atoms with van der Waals surface area (Å²) in [5.41, 5.74) is 8.09. The van der Waals surface area contributed by atoms with Gasteiger partial charge in [0.2, 0.25) is 0 Å². The lowest BCUT2D eigenvalue weighted by atomic mass is 10.0. The van der Waals surface area contributed by atoms with Gasteiger partial charge < -0.3 is 10.5 Å². The van der Waals surface area contributed by atoms with Crippen molar-refractivity contribution in [2.24, 2.45) is 0 Å². The quantitative estimate of drug-likeness (QED) is 0.251. The number of benzene rings is 2. The third kappa shape index (κ3) is 4.71. The number of halogens is 3. The van der Waals surface area contributed by atoms with Gasteiger partial charge in [-0.1, -0.05) is 23.7 Å². The van der Waals surface area contributed by atoms with Gasteiger partial charge in [-0.2, -0.15) is 5.10 Å². The Morgan fingerprint density at radius 3 is 2.55 bits per heavy atom. The van der Waals surface area contributed by atoms with E-state index in [0.29, 0.717) is 44.2 Å². The van der Waals surface area contributed by atoms with Crippen LogP contribution in [0.4, 0.5) is 14.6 Å². The van der Waals surface area contributed by atoms with Crippen LogP contribution in [0.3, 0.4) is 0 Å². The SMILES string of the molecule is CC(C)Oc1ccc(-c2nn([C@H](C)c3nc4ccc(Cl)cn4c(=O)c3-c3cccc(F)c3)c3ncnc(N)c23)cc1F. The number of pyridine rings is 1. The fraction of sp³-hybridized carbons (Fsp3) is 0.167. The van der Waals surface area contributed by atoms with Gasteiger partial charge in [0.15, 0.2) is 17.2 Å². The Morgan fingerprint density at radius 1 is 1.00 bits per heavy atom. The van der Waals surface area contributed by atoms with Crippen molar-refractivity contribution in [1.82, 2.24) is 29.1 Å². The highest BCUT2D eigenvalue weighted by atomic mass is 35.5. The molecule has 0 aliphatic heterocycles. The molecular weight excluding hydrogens is 564 g/mol. The van der Waals surface area contributed by atoms with E-state index in [0.717, 1.165) is 0 Å². The summed E-state index contributed by atoms with van der Waals surface area (Å²) in [6.07, 6.45) is 2.54. The summed E-state index contributed by atoms with van der Waals surface area (Å²) in [6, 6.07) is 12.7. The molecule has 0 fully saturated rings. The van der Waals surface area contributed by atoms with Gasteiger partial charge in [0, 0.05) is 11.8 Å². The number of hydrogen-bond donors (Lipinski definition) is 1. The minimum absolute atomic E-state index is 0.107. The van der Waals surface area contributed by atoms with Gasteiger partial charge in [0.25, 0.3) is 5.56 Å². The second-order valence-corrected chi connectivity index (χ2v) is 10.4. The Hall–Kier alpha value is -4.90. The number of aromatic nitrogens is 6. The average molecular weight is 588 g/mol. The summed E-state index contributed by atoms with van der Waals surface area (Å²) in [7, 11) is 0. The van der Waals surface area contributed by atoms with Crippen LogP contribution >= 0.6 is 11.6 Å². The summed E-state index contributed by atoms with van der Waals surface area (Å²) < 4.78 is 37.8. The molecule has 0 spiro atoms. The lowest BCUT2D eigenvalue weighted by Crippen LogP contribution is -2.23. The largest absolute Gasteiger partial charge is 0.488 e. The van der Waals surface area contributed by atoms with Gasteiger partial charge in [0.05, 0.1) is 33.8 Å².